The number of amides is 1. The van der Waals surface area contributed by atoms with E-state index in [9.17, 15) is 4.79 Å². The van der Waals surface area contributed by atoms with Crippen molar-refractivity contribution in [2.45, 2.75) is 6.92 Å². The van der Waals surface area contributed by atoms with E-state index in [4.69, 9.17) is 21.1 Å². The number of carbonyl (C=O) groups excluding carboxylic acids is 1. The van der Waals surface area contributed by atoms with Crippen LogP contribution in [-0.4, -0.2) is 25.8 Å². The number of methoxy groups -OCH3 is 1. The Morgan fingerprint density at radius 1 is 1.10 bits per heavy atom. The molecule has 0 spiro atoms. The van der Waals surface area contributed by atoms with E-state index in [2.05, 4.69) is 10.3 Å². The van der Waals surface area contributed by atoms with E-state index < -0.39 is 0 Å². The molecule has 0 aliphatic carbocycles. The van der Waals surface area contributed by atoms with Crippen LogP contribution in [0.15, 0.2) is 71.7 Å². The molecule has 6 heteroatoms. The Morgan fingerprint density at radius 3 is 2.62 bits per heavy atom. The highest BCUT2D eigenvalue weighted by Gasteiger charge is 2.05. The third kappa shape index (κ3) is 6.09. The normalized spacial score (nSPS) is 10.7. The molecule has 5 nitrogen and oxygen atoms in total. The van der Waals surface area contributed by atoms with Gasteiger partial charge in [0.2, 0.25) is 0 Å². The van der Waals surface area contributed by atoms with Crippen LogP contribution in [0.5, 0.6) is 11.5 Å². The molecule has 3 aromatic carbocycles. The van der Waals surface area contributed by atoms with Gasteiger partial charge in [-0.05, 0) is 72.6 Å². The van der Waals surface area contributed by atoms with Gasteiger partial charge in [-0.3, -0.25) is 9.79 Å². The maximum Gasteiger partial charge on any atom is 0.262 e. The fourth-order valence-electron chi connectivity index (χ4n) is 2.61. The summed E-state index contributed by atoms with van der Waals surface area (Å²) in [5.74, 6) is 1.05. The molecule has 1 N–H and O–H groups in total. The Bertz CT molecular complexity index is 1020. The predicted molar refractivity (Wildman–Crippen MR) is 117 cm³/mol. The second-order valence-corrected chi connectivity index (χ2v) is 6.79. The highest BCUT2D eigenvalue weighted by atomic mass is 35.5. The van der Waals surface area contributed by atoms with Crippen LogP contribution in [0.3, 0.4) is 0 Å². The number of ether oxygens (including phenoxy) is 2. The van der Waals surface area contributed by atoms with E-state index in [1.807, 2.05) is 37.3 Å². The van der Waals surface area contributed by atoms with Crippen LogP contribution in [0, 0.1) is 6.92 Å². The minimum atomic E-state index is -0.260. The summed E-state index contributed by atoms with van der Waals surface area (Å²) in [4.78, 5) is 16.5. The third-order valence-corrected chi connectivity index (χ3v) is 4.28. The van der Waals surface area contributed by atoms with Crippen molar-refractivity contribution in [1.29, 1.82) is 0 Å². The Morgan fingerprint density at radius 2 is 1.90 bits per heavy atom. The Kier molecular flexibility index (Phi) is 6.87. The first-order valence-electron chi connectivity index (χ1n) is 9.00. The van der Waals surface area contributed by atoms with Gasteiger partial charge in [0.15, 0.2) is 6.61 Å². The number of anilines is 1. The van der Waals surface area contributed by atoms with Crippen molar-refractivity contribution in [1.82, 2.24) is 0 Å². The number of rotatable bonds is 7. The van der Waals surface area contributed by atoms with Crippen LogP contribution < -0.4 is 14.8 Å². The molecule has 148 valence electrons. The zero-order chi connectivity index (χ0) is 20.6. The maximum absolute atomic E-state index is 12.0. The van der Waals surface area contributed by atoms with E-state index in [0.717, 1.165) is 22.6 Å². The topological polar surface area (TPSA) is 59.9 Å². The maximum atomic E-state index is 12.0. The van der Waals surface area contributed by atoms with Crippen molar-refractivity contribution in [2.24, 2.45) is 4.99 Å². The van der Waals surface area contributed by atoms with Crippen molar-refractivity contribution >= 4 is 35.1 Å². The van der Waals surface area contributed by atoms with E-state index in [-0.39, 0.29) is 12.5 Å². The number of benzene rings is 3. The van der Waals surface area contributed by atoms with Crippen LogP contribution in [-0.2, 0) is 4.79 Å². The molecule has 0 saturated heterocycles. The molecule has 0 radical (unpaired) electrons. The molecular weight excluding hydrogens is 388 g/mol. The minimum Gasteiger partial charge on any atom is -0.494 e. The second kappa shape index (κ2) is 9.75. The number of halogens is 1. The van der Waals surface area contributed by atoms with E-state index in [1.165, 1.54) is 0 Å². The van der Waals surface area contributed by atoms with Crippen molar-refractivity contribution in [3.8, 4) is 11.5 Å². The highest BCUT2D eigenvalue weighted by molar-refractivity contribution is 6.30. The van der Waals surface area contributed by atoms with Gasteiger partial charge in [0.25, 0.3) is 5.91 Å². The first-order valence-corrected chi connectivity index (χ1v) is 9.38. The monoisotopic (exact) mass is 408 g/mol. The summed E-state index contributed by atoms with van der Waals surface area (Å²) in [6.07, 6.45) is 1.76. The summed E-state index contributed by atoms with van der Waals surface area (Å²) < 4.78 is 10.9. The fraction of sp³-hybridized carbons (Fsp3) is 0.130. The molecule has 3 aromatic rings. The lowest BCUT2D eigenvalue weighted by Crippen LogP contribution is -2.20. The Balaban J connectivity index is 1.56. The molecule has 0 heterocycles. The Hall–Kier alpha value is -3.31. The van der Waals surface area contributed by atoms with Crippen molar-refractivity contribution in [3.63, 3.8) is 0 Å². The molecule has 1 amide bonds. The lowest BCUT2D eigenvalue weighted by Gasteiger charge is -2.08. The molecule has 3 rings (SSSR count). The summed E-state index contributed by atoms with van der Waals surface area (Å²) in [5, 5.41) is 3.30. The molecule has 0 aliphatic rings. The quantitative estimate of drug-likeness (QED) is 0.530. The number of nitrogens with zero attached hydrogens (tertiary/aromatic N) is 1. The van der Waals surface area contributed by atoms with Gasteiger partial charge in [-0.1, -0.05) is 23.7 Å². The summed E-state index contributed by atoms with van der Waals surface area (Å²) in [5.41, 5.74) is 3.41. The number of hydrogen-bond acceptors (Lipinski definition) is 4. The molecule has 0 aliphatic heterocycles. The van der Waals surface area contributed by atoms with Crippen LogP contribution in [0.1, 0.15) is 11.1 Å². The number of hydrogen-bond donors (Lipinski definition) is 1. The fourth-order valence-corrected chi connectivity index (χ4v) is 2.80. The predicted octanol–water partition coefficient (Wildman–Crippen LogP) is 5.43. The van der Waals surface area contributed by atoms with Crippen LogP contribution in [0.25, 0.3) is 0 Å². The standard InChI is InChI=1S/C23H21ClN2O3/c1-16-6-11-22(28-2)21(12-16)25-14-17-7-9-20(10-8-17)29-15-23(27)26-19-5-3-4-18(24)13-19/h3-14H,15H2,1-2H3,(H,26,27). The van der Waals surface area contributed by atoms with Gasteiger partial charge in [0.05, 0.1) is 7.11 Å². The number of aliphatic imine (C=N–C) groups is 1. The molecule has 29 heavy (non-hydrogen) atoms. The number of nitrogens with one attached hydrogen (secondary N) is 1. The average molecular weight is 409 g/mol. The molecule has 0 aromatic heterocycles. The van der Waals surface area contributed by atoms with Gasteiger partial charge in [-0.15, -0.1) is 0 Å². The smallest absolute Gasteiger partial charge is 0.262 e. The summed E-state index contributed by atoms with van der Waals surface area (Å²) in [6, 6.07) is 20.1. The number of aryl methyl sites for hydroxylation is 1. The minimum absolute atomic E-state index is 0.0968. The van der Waals surface area contributed by atoms with Gasteiger partial charge in [0.1, 0.15) is 17.2 Å². The first-order chi connectivity index (χ1) is 14.0. The summed E-state index contributed by atoms with van der Waals surface area (Å²) in [7, 11) is 1.62. The molecular formula is C23H21ClN2O3. The lowest BCUT2D eigenvalue weighted by atomic mass is 10.2. The van der Waals surface area contributed by atoms with Crippen LogP contribution >= 0.6 is 11.6 Å². The Labute approximate surface area is 175 Å². The van der Waals surface area contributed by atoms with Gasteiger partial charge >= 0.3 is 0 Å². The zero-order valence-electron chi connectivity index (χ0n) is 16.2. The van der Waals surface area contributed by atoms with Gasteiger partial charge in [-0.25, -0.2) is 0 Å². The van der Waals surface area contributed by atoms with E-state index >= 15 is 0 Å². The SMILES string of the molecule is COc1ccc(C)cc1N=Cc1ccc(OCC(=O)Nc2cccc(Cl)c2)cc1. The molecule has 0 atom stereocenters. The van der Waals surface area contributed by atoms with Crippen LogP contribution in [0.4, 0.5) is 11.4 Å². The van der Waals surface area contributed by atoms with Crippen molar-refractivity contribution in [2.75, 3.05) is 19.0 Å². The highest BCUT2D eigenvalue weighted by Crippen LogP contribution is 2.28. The summed E-state index contributed by atoms with van der Waals surface area (Å²) >= 11 is 5.91. The van der Waals surface area contributed by atoms with Gasteiger partial charge in [-0.2, -0.15) is 0 Å². The lowest BCUT2D eigenvalue weighted by molar-refractivity contribution is -0.118. The molecule has 0 bridgehead atoms. The van der Waals surface area contributed by atoms with Gasteiger partial charge < -0.3 is 14.8 Å². The number of carbonyl (C=O) groups is 1. The molecule has 0 unspecified atom stereocenters. The first kappa shape index (κ1) is 20.4. The second-order valence-electron chi connectivity index (χ2n) is 6.35. The summed E-state index contributed by atoms with van der Waals surface area (Å²) in [6.45, 7) is 1.91. The molecule has 0 fully saturated rings. The van der Waals surface area contributed by atoms with E-state index in [1.54, 1.807) is 49.7 Å². The van der Waals surface area contributed by atoms with E-state index in [0.29, 0.717) is 16.5 Å². The van der Waals surface area contributed by atoms with Crippen molar-refractivity contribution in [3.05, 3.63) is 82.9 Å². The van der Waals surface area contributed by atoms with Gasteiger partial charge in [0, 0.05) is 16.9 Å². The molecule has 0 saturated carbocycles. The average Bonchev–Trinajstić information content (AvgIpc) is 2.71. The van der Waals surface area contributed by atoms with Crippen molar-refractivity contribution < 1.29 is 14.3 Å². The third-order valence-electron chi connectivity index (χ3n) is 4.05. The largest absolute Gasteiger partial charge is 0.494 e. The van der Waals surface area contributed by atoms with Crippen LogP contribution in [0.2, 0.25) is 5.02 Å². The zero-order valence-corrected chi connectivity index (χ0v) is 16.9.